The van der Waals surface area contributed by atoms with E-state index in [4.69, 9.17) is 4.74 Å². The molecule has 216 valence electrons. The van der Waals surface area contributed by atoms with E-state index in [0.29, 0.717) is 28.0 Å². The summed E-state index contributed by atoms with van der Waals surface area (Å²) in [5.41, 5.74) is 3.25. The van der Waals surface area contributed by atoms with Crippen molar-refractivity contribution in [2.24, 2.45) is 0 Å². The molecule has 5 aromatic carbocycles. The normalized spacial score (nSPS) is 11.9. The molecule has 0 aliphatic carbocycles. The lowest BCUT2D eigenvalue weighted by Crippen LogP contribution is -2.30. The standard InChI is InChI=1S/C35H26F3NO4/c36-35(37,38)29-18-14-25(15-19-29)24-8-12-28(13-9-24)34(42)39-32(22-33(40)41)27-10-6-23(7-11-27)26-16-20-31(21-17-26)43-30-4-2-1-3-5-30/h1-21,32H,22H2,(H,39,42)(H,40,41). The van der Waals surface area contributed by atoms with E-state index < -0.39 is 29.7 Å². The Labute approximate surface area is 246 Å². The summed E-state index contributed by atoms with van der Waals surface area (Å²) in [4.78, 5) is 24.6. The zero-order valence-electron chi connectivity index (χ0n) is 22.7. The Balaban J connectivity index is 1.26. The van der Waals surface area contributed by atoms with Gasteiger partial charge in [-0.3, -0.25) is 9.59 Å². The van der Waals surface area contributed by atoms with Gasteiger partial charge in [-0.2, -0.15) is 13.2 Å². The van der Waals surface area contributed by atoms with Gasteiger partial charge in [0.25, 0.3) is 5.91 Å². The average Bonchev–Trinajstić information content (AvgIpc) is 3.01. The third-order valence-electron chi connectivity index (χ3n) is 6.86. The number of hydrogen-bond donors (Lipinski definition) is 2. The van der Waals surface area contributed by atoms with Gasteiger partial charge in [-0.1, -0.05) is 78.9 Å². The van der Waals surface area contributed by atoms with Crippen LogP contribution in [0.5, 0.6) is 11.5 Å². The van der Waals surface area contributed by atoms with E-state index in [1.807, 2.05) is 66.7 Å². The molecule has 5 nitrogen and oxygen atoms in total. The number of alkyl halides is 3. The fourth-order valence-electron chi connectivity index (χ4n) is 4.58. The number of para-hydroxylation sites is 1. The molecule has 43 heavy (non-hydrogen) atoms. The minimum atomic E-state index is -4.42. The highest BCUT2D eigenvalue weighted by atomic mass is 19.4. The number of rotatable bonds is 9. The lowest BCUT2D eigenvalue weighted by atomic mass is 9.98. The summed E-state index contributed by atoms with van der Waals surface area (Å²) in [6, 6.07) is 34.7. The molecular weight excluding hydrogens is 555 g/mol. The molecule has 0 saturated heterocycles. The Hall–Kier alpha value is -5.37. The van der Waals surface area contributed by atoms with Crippen LogP contribution < -0.4 is 10.1 Å². The van der Waals surface area contributed by atoms with Crippen molar-refractivity contribution in [3.63, 3.8) is 0 Å². The summed E-state index contributed by atoms with van der Waals surface area (Å²) in [5.74, 6) is -0.103. The maximum Gasteiger partial charge on any atom is 0.416 e. The highest BCUT2D eigenvalue weighted by Gasteiger charge is 2.30. The lowest BCUT2D eigenvalue weighted by Gasteiger charge is -2.18. The number of carboxylic acids is 1. The van der Waals surface area contributed by atoms with Crippen molar-refractivity contribution in [1.82, 2.24) is 5.32 Å². The van der Waals surface area contributed by atoms with Crippen molar-refractivity contribution < 1.29 is 32.6 Å². The van der Waals surface area contributed by atoms with Crippen molar-refractivity contribution >= 4 is 11.9 Å². The molecule has 1 unspecified atom stereocenters. The summed E-state index contributed by atoms with van der Waals surface area (Å²) < 4.78 is 44.4. The van der Waals surface area contributed by atoms with Crippen LogP contribution in [0.25, 0.3) is 22.3 Å². The van der Waals surface area contributed by atoms with Gasteiger partial charge in [-0.25, -0.2) is 0 Å². The number of halogens is 3. The monoisotopic (exact) mass is 581 g/mol. The SMILES string of the molecule is O=C(O)CC(NC(=O)c1ccc(-c2ccc(C(F)(F)F)cc2)cc1)c1ccc(-c2ccc(Oc3ccccc3)cc2)cc1. The van der Waals surface area contributed by atoms with Crippen molar-refractivity contribution in [1.29, 1.82) is 0 Å². The predicted octanol–water partition coefficient (Wildman–Crippen LogP) is 8.78. The Kier molecular flexibility index (Phi) is 8.57. The van der Waals surface area contributed by atoms with Crippen LogP contribution in [0.3, 0.4) is 0 Å². The Morgan fingerprint density at radius 1 is 0.651 bits per heavy atom. The van der Waals surface area contributed by atoms with Crippen LogP contribution in [0.4, 0.5) is 13.2 Å². The van der Waals surface area contributed by atoms with E-state index in [1.54, 1.807) is 36.4 Å². The highest BCUT2D eigenvalue weighted by Crippen LogP contribution is 2.31. The molecule has 0 radical (unpaired) electrons. The maximum absolute atomic E-state index is 13.0. The van der Waals surface area contributed by atoms with Crippen LogP contribution >= 0.6 is 0 Å². The first-order chi connectivity index (χ1) is 20.7. The Morgan fingerprint density at radius 2 is 1.12 bits per heavy atom. The second kappa shape index (κ2) is 12.7. The van der Waals surface area contributed by atoms with Gasteiger partial charge in [-0.05, 0) is 76.3 Å². The number of benzene rings is 5. The van der Waals surface area contributed by atoms with E-state index in [-0.39, 0.29) is 6.42 Å². The lowest BCUT2D eigenvalue weighted by molar-refractivity contribution is -0.138. The van der Waals surface area contributed by atoms with Gasteiger partial charge >= 0.3 is 12.1 Å². The first-order valence-electron chi connectivity index (χ1n) is 13.4. The first kappa shape index (κ1) is 29.1. The van der Waals surface area contributed by atoms with E-state index in [9.17, 15) is 27.9 Å². The van der Waals surface area contributed by atoms with Gasteiger partial charge in [0, 0.05) is 5.56 Å². The molecule has 0 aromatic heterocycles. The van der Waals surface area contributed by atoms with Crippen LogP contribution in [0.15, 0.2) is 127 Å². The molecular formula is C35H26F3NO4. The fraction of sp³-hybridized carbons (Fsp3) is 0.0857. The zero-order chi connectivity index (χ0) is 30.4. The van der Waals surface area contributed by atoms with Gasteiger partial charge in [-0.15, -0.1) is 0 Å². The zero-order valence-corrected chi connectivity index (χ0v) is 22.7. The molecule has 0 fully saturated rings. The number of ether oxygens (including phenoxy) is 1. The van der Waals surface area contributed by atoms with Gasteiger partial charge in [0.15, 0.2) is 0 Å². The second-order valence-electron chi connectivity index (χ2n) is 9.84. The smallest absolute Gasteiger partial charge is 0.416 e. The topological polar surface area (TPSA) is 75.6 Å². The molecule has 2 N–H and O–H groups in total. The molecule has 5 aromatic rings. The summed E-state index contributed by atoms with van der Waals surface area (Å²) in [5, 5.41) is 12.3. The van der Waals surface area contributed by atoms with Crippen molar-refractivity contribution in [3.8, 4) is 33.8 Å². The van der Waals surface area contributed by atoms with Gasteiger partial charge < -0.3 is 15.2 Å². The number of aliphatic carboxylic acids is 1. The summed E-state index contributed by atoms with van der Waals surface area (Å²) in [6.07, 6.45) is -4.74. The minimum absolute atomic E-state index is 0.292. The molecule has 0 bridgehead atoms. The summed E-state index contributed by atoms with van der Waals surface area (Å²) in [6.45, 7) is 0. The quantitative estimate of drug-likeness (QED) is 0.182. The van der Waals surface area contributed by atoms with Crippen molar-refractivity contribution in [3.05, 3.63) is 144 Å². The fourth-order valence-corrected chi connectivity index (χ4v) is 4.58. The Morgan fingerprint density at radius 3 is 1.63 bits per heavy atom. The molecule has 1 atom stereocenters. The van der Waals surface area contributed by atoms with Crippen molar-refractivity contribution in [2.75, 3.05) is 0 Å². The van der Waals surface area contributed by atoms with Crippen LogP contribution in [0.2, 0.25) is 0 Å². The van der Waals surface area contributed by atoms with Crippen LogP contribution in [0, 0.1) is 0 Å². The number of hydrogen-bond acceptors (Lipinski definition) is 3. The van der Waals surface area contributed by atoms with E-state index in [0.717, 1.165) is 29.0 Å². The number of carboxylic acid groups (broad SMARTS) is 1. The third-order valence-corrected chi connectivity index (χ3v) is 6.86. The van der Waals surface area contributed by atoms with E-state index >= 15 is 0 Å². The Bertz CT molecular complexity index is 1680. The second-order valence-corrected chi connectivity index (χ2v) is 9.84. The third kappa shape index (κ3) is 7.48. The number of carbonyl (C=O) groups excluding carboxylic acids is 1. The van der Waals surface area contributed by atoms with Crippen molar-refractivity contribution in [2.45, 2.75) is 18.6 Å². The van der Waals surface area contributed by atoms with Crippen LogP contribution in [0.1, 0.15) is 33.9 Å². The van der Waals surface area contributed by atoms with Crippen LogP contribution in [-0.2, 0) is 11.0 Å². The first-order valence-corrected chi connectivity index (χ1v) is 13.4. The molecule has 0 heterocycles. The molecule has 0 aliphatic heterocycles. The van der Waals surface area contributed by atoms with E-state index in [1.165, 1.54) is 12.1 Å². The molecule has 8 heteroatoms. The summed E-state index contributed by atoms with van der Waals surface area (Å²) in [7, 11) is 0. The molecule has 1 amide bonds. The molecule has 5 rings (SSSR count). The van der Waals surface area contributed by atoms with Gasteiger partial charge in [0.2, 0.25) is 0 Å². The minimum Gasteiger partial charge on any atom is -0.481 e. The number of carbonyl (C=O) groups is 2. The van der Waals surface area contributed by atoms with Crippen LogP contribution in [-0.4, -0.2) is 17.0 Å². The predicted molar refractivity (Wildman–Crippen MR) is 158 cm³/mol. The van der Waals surface area contributed by atoms with E-state index in [2.05, 4.69) is 5.32 Å². The molecule has 0 spiro atoms. The van der Waals surface area contributed by atoms with Gasteiger partial charge in [0.1, 0.15) is 11.5 Å². The average molecular weight is 582 g/mol. The van der Waals surface area contributed by atoms with Gasteiger partial charge in [0.05, 0.1) is 18.0 Å². The highest BCUT2D eigenvalue weighted by molar-refractivity contribution is 5.95. The summed E-state index contributed by atoms with van der Waals surface area (Å²) >= 11 is 0. The largest absolute Gasteiger partial charge is 0.481 e. The number of amides is 1. The number of nitrogens with one attached hydrogen (secondary N) is 1. The molecule has 0 saturated carbocycles. The maximum atomic E-state index is 13.0. The molecule has 0 aliphatic rings.